The van der Waals surface area contributed by atoms with Gasteiger partial charge in [0.15, 0.2) is 11.5 Å². The molecule has 2 atom stereocenters. The Bertz CT molecular complexity index is 652. The molecule has 1 amide bonds. The number of ether oxygens (including phenoxy) is 3. The van der Waals surface area contributed by atoms with Gasteiger partial charge in [-0.2, -0.15) is 0 Å². The Labute approximate surface area is 151 Å². The first kappa shape index (κ1) is 19.9. The molecule has 26 heavy (non-hydrogen) atoms. The minimum absolute atomic E-state index is 0.0615. The van der Waals surface area contributed by atoms with Gasteiger partial charge in [0.25, 0.3) is 11.6 Å². The van der Waals surface area contributed by atoms with Gasteiger partial charge < -0.3 is 25.3 Å². The highest BCUT2D eigenvalue weighted by atomic mass is 16.6. The van der Waals surface area contributed by atoms with Crippen LogP contribution in [-0.2, 0) is 4.74 Å². The molecule has 3 N–H and O–H groups in total. The quantitative estimate of drug-likeness (QED) is 0.385. The lowest BCUT2D eigenvalue weighted by atomic mass is 10.0. The van der Waals surface area contributed by atoms with Gasteiger partial charge in [0.2, 0.25) is 0 Å². The number of carbonyl (C=O) groups is 1. The molecule has 2 unspecified atom stereocenters. The van der Waals surface area contributed by atoms with Crippen LogP contribution in [0.4, 0.5) is 5.69 Å². The number of nitrogens with one attached hydrogen (secondary N) is 1. The van der Waals surface area contributed by atoms with E-state index in [1.54, 1.807) is 0 Å². The Morgan fingerprint density at radius 3 is 2.69 bits per heavy atom. The van der Waals surface area contributed by atoms with E-state index < -0.39 is 10.8 Å². The Balaban J connectivity index is 2.28. The molecule has 1 aliphatic carbocycles. The summed E-state index contributed by atoms with van der Waals surface area (Å²) in [6.45, 7) is 1.000. The fraction of sp³-hybridized carbons (Fsp3) is 0.588. The molecule has 0 heterocycles. The number of rotatable bonds is 9. The fourth-order valence-electron chi connectivity index (χ4n) is 3.14. The second kappa shape index (κ2) is 9.35. The largest absolute Gasteiger partial charge is 0.493 e. The normalized spacial score (nSPS) is 19.2. The van der Waals surface area contributed by atoms with Crippen LogP contribution >= 0.6 is 0 Å². The Hall–Kier alpha value is -2.39. The van der Waals surface area contributed by atoms with E-state index in [0.717, 1.165) is 19.3 Å². The molecule has 0 aliphatic heterocycles. The maximum absolute atomic E-state index is 12.7. The van der Waals surface area contributed by atoms with Gasteiger partial charge in [0.05, 0.1) is 24.7 Å². The van der Waals surface area contributed by atoms with Crippen molar-refractivity contribution in [3.63, 3.8) is 0 Å². The zero-order valence-corrected chi connectivity index (χ0v) is 15.0. The second-order valence-electron chi connectivity index (χ2n) is 6.13. The molecule has 1 saturated carbocycles. The number of nitrogens with two attached hydrogens (primary N) is 1. The highest BCUT2D eigenvalue weighted by Gasteiger charge is 2.31. The van der Waals surface area contributed by atoms with Crippen molar-refractivity contribution in [3.05, 3.63) is 27.8 Å². The van der Waals surface area contributed by atoms with Crippen molar-refractivity contribution in [2.45, 2.75) is 25.3 Å². The maximum atomic E-state index is 12.7. The monoisotopic (exact) mass is 367 g/mol. The summed E-state index contributed by atoms with van der Waals surface area (Å²) >= 11 is 0. The number of hydrogen-bond acceptors (Lipinski definition) is 7. The van der Waals surface area contributed by atoms with Crippen molar-refractivity contribution in [3.8, 4) is 11.5 Å². The van der Waals surface area contributed by atoms with Crippen LogP contribution in [-0.4, -0.2) is 50.9 Å². The molecule has 0 spiro atoms. The average Bonchev–Trinajstić information content (AvgIpc) is 3.08. The third-order valence-electron chi connectivity index (χ3n) is 4.55. The number of methoxy groups -OCH3 is 2. The van der Waals surface area contributed by atoms with Gasteiger partial charge in [-0.3, -0.25) is 14.9 Å². The van der Waals surface area contributed by atoms with Crippen molar-refractivity contribution in [1.29, 1.82) is 0 Å². The van der Waals surface area contributed by atoms with E-state index in [1.165, 1.54) is 26.4 Å². The molecule has 0 aromatic heterocycles. The molecule has 1 aromatic carbocycles. The third kappa shape index (κ3) is 4.61. The van der Waals surface area contributed by atoms with Crippen LogP contribution in [0.5, 0.6) is 11.5 Å². The highest BCUT2D eigenvalue weighted by Crippen LogP contribution is 2.35. The van der Waals surface area contributed by atoms with Crippen molar-refractivity contribution < 1.29 is 23.9 Å². The van der Waals surface area contributed by atoms with Crippen LogP contribution < -0.4 is 20.5 Å². The summed E-state index contributed by atoms with van der Waals surface area (Å²) in [5.41, 5.74) is 5.34. The number of hydrogen-bond donors (Lipinski definition) is 2. The summed E-state index contributed by atoms with van der Waals surface area (Å²) in [6, 6.07) is 2.47. The van der Waals surface area contributed by atoms with Gasteiger partial charge >= 0.3 is 0 Å². The van der Waals surface area contributed by atoms with E-state index in [2.05, 4.69) is 5.32 Å². The Morgan fingerprint density at radius 1 is 1.31 bits per heavy atom. The van der Waals surface area contributed by atoms with Gasteiger partial charge in [-0.25, -0.2) is 0 Å². The summed E-state index contributed by atoms with van der Waals surface area (Å²) in [7, 11) is 2.93. The van der Waals surface area contributed by atoms with Gasteiger partial charge in [-0.15, -0.1) is 0 Å². The topological polar surface area (TPSA) is 126 Å². The first-order chi connectivity index (χ1) is 12.5. The molecule has 0 saturated heterocycles. The lowest BCUT2D eigenvalue weighted by molar-refractivity contribution is -0.385. The molecule has 2 rings (SSSR count). The molecule has 144 valence electrons. The number of carbonyl (C=O) groups excluding carboxylic acids is 1. The van der Waals surface area contributed by atoms with Crippen molar-refractivity contribution in [2.75, 3.05) is 34.0 Å². The molecular formula is C17H25N3O6. The lowest BCUT2D eigenvalue weighted by Crippen LogP contribution is -2.40. The van der Waals surface area contributed by atoms with E-state index in [4.69, 9.17) is 19.9 Å². The predicted molar refractivity (Wildman–Crippen MR) is 94.7 cm³/mol. The number of benzene rings is 1. The summed E-state index contributed by atoms with van der Waals surface area (Å²) in [6.07, 6.45) is 2.74. The van der Waals surface area contributed by atoms with Crippen LogP contribution in [0.3, 0.4) is 0 Å². The van der Waals surface area contributed by atoms with Crippen molar-refractivity contribution >= 4 is 11.6 Å². The summed E-state index contributed by atoms with van der Waals surface area (Å²) < 4.78 is 15.6. The van der Waals surface area contributed by atoms with Crippen LogP contribution in [0.15, 0.2) is 12.1 Å². The first-order valence-electron chi connectivity index (χ1n) is 8.50. The predicted octanol–water partition coefficient (Wildman–Crippen LogP) is 1.49. The summed E-state index contributed by atoms with van der Waals surface area (Å²) in [4.78, 5) is 23.5. The Morgan fingerprint density at radius 2 is 2.08 bits per heavy atom. The standard InChI is InChI=1S/C17H25N3O6/c1-24-6-7-26-16-9-14(20(22)23)12(8-15(16)25-2)17(21)19-13-5-3-4-11(13)10-18/h8-9,11,13H,3-7,10,18H2,1-2H3,(H,19,21). The van der Waals surface area contributed by atoms with E-state index in [1.807, 2.05) is 0 Å². The number of nitro benzene ring substituents is 1. The first-order valence-corrected chi connectivity index (χ1v) is 8.50. The lowest BCUT2D eigenvalue weighted by Gasteiger charge is -2.20. The number of nitro groups is 1. The fourth-order valence-corrected chi connectivity index (χ4v) is 3.14. The molecule has 9 nitrogen and oxygen atoms in total. The molecular weight excluding hydrogens is 342 g/mol. The molecule has 0 radical (unpaired) electrons. The smallest absolute Gasteiger partial charge is 0.286 e. The van der Waals surface area contributed by atoms with Gasteiger partial charge in [0.1, 0.15) is 12.2 Å². The van der Waals surface area contributed by atoms with E-state index in [-0.39, 0.29) is 41.3 Å². The van der Waals surface area contributed by atoms with Gasteiger partial charge in [-0.1, -0.05) is 6.42 Å². The van der Waals surface area contributed by atoms with Crippen LogP contribution in [0.2, 0.25) is 0 Å². The van der Waals surface area contributed by atoms with Gasteiger partial charge in [-0.05, 0) is 25.3 Å². The van der Waals surface area contributed by atoms with E-state index in [0.29, 0.717) is 13.2 Å². The molecule has 0 bridgehead atoms. The van der Waals surface area contributed by atoms with Crippen molar-refractivity contribution in [2.24, 2.45) is 11.7 Å². The molecule has 9 heteroatoms. The summed E-state index contributed by atoms with van der Waals surface area (Å²) in [5, 5.41) is 14.3. The van der Waals surface area contributed by atoms with E-state index in [9.17, 15) is 14.9 Å². The van der Waals surface area contributed by atoms with Crippen molar-refractivity contribution in [1.82, 2.24) is 5.32 Å². The van der Waals surface area contributed by atoms with Crippen LogP contribution in [0.25, 0.3) is 0 Å². The zero-order valence-electron chi connectivity index (χ0n) is 15.0. The molecule has 1 fully saturated rings. The second-order valence-corrected chi connectivity index (χ2v) is 6.13. The SMILES string of the molecule is COCCOc1cc([N+](=O)[O-])c(C(=O)NC2CCCC2CN)cc1OC. The Kier molecular flexibility index (Phi) is 7.16. The highest BCUT2D eigenvalue weighted by molar-refractivity contribution is 5.99. The molecule has 1 aliphatic rings. The zero-order chi connectivity index (χ0) is 19.1. The minimum atomic E-state index is -0.605. The van der Waals surface area contributed by atoms with E-state index >= 15 is 0 Å². The maximum Gasteiger partial charge on any atom is 0.286 e. The summed E-state index contributed by atoms with van der Waals surface area (Å²) in [5.74, 6) is 0.118. The third-order valence-corrected chi connectivity index (χ3v) is 4.55. The van der Waals surface area contributed by atoms with Crippen LogP contribution in [0, 0.1) is 16.0 Å². The van der Waals surface area contributed by atoms with Gasteiger partial charge in [0, 0.05) is 19.2 Å². The number of amides is 1. The molecule has 1 aromatic rings. The minimum Gasteiger partial charge on any atom is -0.493 e. The average molecular weight is 367 g/mol. The number of nitrogens with zero attached hydrogens (tertiary/aromatic N) is 1. The van der Waals surface area contributed by atoms with Crippen LogP contribution in [0.1, 0.15) is 29.6 Å².